The van der Waals surface area contributed by atoms with Crippen molar-refractivity contribution in [1.82, 2.24) is 5.32 Å². The summed E-state index contributed by atoms with van der Waals surface area (Å²) in [7, 11) is 0. The van der Waals surface area contributed by atoms with E-state index in [2.05, 4.69) is 26.1 Å². The van der Waals surface area contributed by atoms with Gasteiger partial charge in [0, 0.05) is 0 Å². The molecule has 0 aromatic rings. The van der Waals surface area contributed by atoms with Crippen molar-refractivity contribution in [2.75, 3.05) is 0 Å². The smallest absolute Gasteiger partial charge is 0.306 e. The van der Waals surface area contributed by atoms with Crippen LogP contribution in [0.15, 0.2) is 0 Å². The standard InChI is InChI=1S/C21H39N2O4/c1-14(2)7-6-8-16(5)9-10-17(21(26)27)12-18(13-24)23-20(25)19(22)11-15(3)4/h14-19H,6-12,22H2,1-5H3,(H,23,25)(H,26,27)/t16?,17?,18-,19-/m0/s1. The number of carboxylic acid groups (broad SMARTS) is 1. The molecule has 0 aliphatic heterocycles. The summed E-state index contributed by atoms with van der Waals surface area (Å²) in [6, 6.07) is -1.64. The molecule has 0 spiro atoms. The van der Waals surface area contributed by atoms with Gasteiger partial charge >= 0.3 is 5.97 Å². The Morgan fingerprint density at radius 1 is 0.963 bits per heavy atom. The lowest BCUT2D eigenvalue weighted by atomic mass is 9.89. The molecule has 0 aliphatic rings. The summed E-state index contributed by atoms with van der Waals surface area (Å²) in [5.74, 6) is -0.663. The molecule has 0 saturated carbocycles. The molecule has 157 valence electrons. The van der Waals surface area contributed by atoms with Crippen molar-refractivity contribution in [2.45, 2.75) is 91.6 Å². The number of rotatable bonds is 15. The highest BCUT2D eigenvalue weighted by Gasteiger charge is 2.26. The van der Waals surface area contributed by atoms with Crippen LogP contribution < -0.4 is 11.1 Å². The number of amides is 1. The summed E-state index contributed by atoms with van der Waals surface area (Å²) in [5.41, 5.74) is 5.82. The highest BCUT2D eigenvalue weighted by Crippen LogP contribution is 2.22. The average molecular weight is 384 g/mol. The third-order valence-corrected chi connectivity index (χ3v) is 4.88. The van der Waals surface area contributed by atoms with E-state index in [-0.39, 0.29) is 12.3 Å². The number of carbonyl (C=O) groups is 2. The molecule has 1 radical (unpaired) electrons. The molecule has 0 aromatic heterocycles. The van der Waals surface area contributed by atoms with Gasteiger partial charge in [0.25, 0.3) is 0 Å². The first-order valence-electron chi connectivity index (χ1n) is 10.2. The first-order valence-corrected chi connectivity index (χ1v) is 10.2. The topological polar surface area (TPSA) is 109 Å². The maximum Gasteiger partial charge on any atom is 0.306 e. The van der Waals surface area contributed by atoms with Crippen LogP contribution in [0, 0.1) is 23.7 Å². The van der Waals surface area contributed by atoms with Crippen LogP contribution >= 0.6 is 0 Å². The quantitative estimate of drug-likeness (QED) is 0.402. The van der Waals surface area contributed by atoms with Crippen LogP contribution in [-0.2, 0) is 14.4 Å². The normalized spacial score (nSPS) is 16.0. The molecule has 0 rings (SSSR count). The van der Waals surface area contributed by atoms with E-state index in [1.165, 1.54) is 6.42 Å². The van der Waals surface area contributed by atoms with Crippen LogP contribution in [0.4, 0.5) is 0 Å². The van der Waals surface area contributed by atoms with E-state index in [9.17, 15) is 19.5 Å². The number of hydrogen-bond acceptors (Lipinski definition) is 4. The van der Waals surface area contributed by atoms with Gasteiger partial charge in [0.05, 0.1) is 18.0 Å². The highest BCUT2D eigenvalue weighted by molar-refractivity contribution is 5.84. The molecule has 0 aliphatic carbocycles. The fraction of sp³-hybridized carbons (Fsp3) is 0.857. The van der Waals surface area contributed by atoms with E-state index >= 15 is 0 Å². The van der Waals surface area contributed by atoms with Crippen molar-refractivity contribution in [2.24, 2.45) is 29.4 Å². The molecule has 0 fully saturated rings. The molecule has 1 amide bonds. The Hall–Kier alpha value is -1.43. The number of nitrogens with one attached hydrogen (secondary N) is 1. The summed E-state index contributed by atoms with van der Waals surface area (Å²) < 4.78 is 0. The van der Waals surface area contributed by atoms with Gasteiger partial charge < -0.3 is 16.2 Å². The number of carboxylic acids is 1. The number of hydrogen-bond donors (Lipinski definition) is 3. The van der Waals surface area contributed by atoms with Crippen molar-refractivity contribution in [1.29, 1.82) is 0 Å². The van der Waals surface area contributed by atoms with Gasteiger partial charge in [-0.1, -0.05) is 53.9 Å². The average Bonchev–Trinajstić information content (AvgIpc) is 2.55. The van der Waals surface area contributed by atoms with E-state index < -0.39 is 29.9 Å². The lowest BCUT2D eigenvalue weighted by molar-refractivity contribution is -0.142. The summed E-state index contributed by atoms with van der Waals surface area (Å²) in [4.78, 5) is 34.9. The molecule has 0 saturated heterocycles. The van der Waals surface area contributed by atoms with Crippen LogP contribution in [-0.4, -0.2) is 35.4 Å². The van der Waals surface area contributed by atoms with Crippen molar-refractivity contribution in [3.63, 3.8) is 0 Å². The van der Waals surface area contributed by atoms with E-state index in [4.69, 9.17) is 5.73 Å². The van der Waals surface area contributed by atoms with Gasteiger partial charge in [-0.25, -0.2) is 0 Å². The zero-order valence-electron chi connectivity index (χ0n) is 17.7. The fourth-order valence-electron chi connectivity index (χ4n) is 3.16. The molecule has 0 heterocycles. The first kappa shape index (κ1) is 25.6. The van der Waals surface area contributed by atoms with E-state index in [0.29, 0.717) is 24.7 Å². The molecular formula is C21H39N2O4. The van der Waals surface area contributed by atoms with Gasteiger partial charge in [0.1, 0.15) is 0 Å². The Labute approximate surface area is 164 Å². The minimum atomic E-state index is -0.939. The first-order chi connectivity index (χ1) is 12.6. The Morgan fingerprint density at radius 2 is 1.59 bits per heavy atom. The molecule has 0 aromatic carbocycles. The number of nitrogens with two attached hydrogens (primary N) is 1. The zero-order valence-corrected chi connectivity index (χ0v) is 17.7. The summed E-state index contributed by atoms with van der Waals surface area (Å²) in [6.45, 7) is 10.4. The summed E-state index contributed by atoms with van der Waals surface area (Å²) in [6.07, 6.45) is 7.00. The third-order valence-electron chi connectivity index (χ3n) is 4.88. The predicted octanol–water partition coefficient (Wildman–Crippen LogP) is 3.29. The monoisotopic (exact) mass is 383 g/mol. The molecule has 27 heavy (non-hydrogen) atoms. The molecule has 2 unspecified atom stereocenters. The van der Waals surface area contributed by atoms with E-state index in [1.807, 2.05) is 13.8 Å². The van der Waals surface area contributed by atoms with Crippen molar-refractivity contribution < 1.29 is 19.5 Å². The van der Waals surface area contributed by atoms with Crippen LogP contribution in [0.3, 0.4) is 0 Å². The molecule has 4 atom stereocenters. The second-order valence-electron chi connectivity index (χ2n) is 8.69. The van der Waals surface area contributed by atoms with Crippen molar-refractivity contribution >= 4 is 18.2 Å². The Bertz CT molecular complexity index is 451. The summed E-state index contributed by atoms with van der Waals surface area (Å²) >= 11 is 0. The number of carbonyl (C=O) groups excluding carboxylic acids is 2. The minimum Gasteiger partial charge on any atom is -0.481 e. The van der Waals surface area contributed by atoms with Crippen molar-refractivity contribution in [3.8, 4) is 0 Å². The second kappa shape index (κ2) is 13.7. The van der Waals surface area contributed by atoms with Gasteiger partial charge in [0.15, 0.2) is 0 Å². The Balaban J connectivity index is 4.52. The van der Waals surface area contributed by atoms with Crippen LogP contribution in [0.1, 0.15) is 79.6 Å². The maximum absolute atomic E-state index is 12.1. The SMILES string of the molecule is CC(C)CCCC(C)CCC(C[C@@H]([C]=O)NC(=O)[C@@H](N)CC(C)C)C(=O)O. The predicted molar refractivity (Wildman–Crippen MR) is 108 cm³/mol. The van der Waals surface area contributed by atoms with Gasteiger partial charge in [-0.15, -0.1) is 0 Å². The van der Waals surface area contributed by atoms with Gasteiger partial charge in [-0.3, -0.25) is 14.4 Å². The zero-order chi connectivity index (χ0) is 21.0. The van der Waals surface area contributed by atoms with E-state index in [1.54, 1.807) is 6.29 Å². The van der Waals surface area contributed by atoms with Gasteiger partial charge in [-0.05, 0) is 43.4 Å². The van der Waals surface area contributed by atoms with E-state index in [0.717, 1.165) is 19.3 Å². The maximum atomic E-state index is 12.1. The third kappa shape index (κ3) is 12.6. The molecule has 6 heteroatoms. The molecular weight excluding hydrogens is 344 g/mol. The number of aliphatic carboxylic acids is 1. The molecule has 6 nitrogen and oxygen atoms in total. The van der Waals surface area contributed by atoms with Crippen molar-refractivity contribution in [3.05, 3.63) is 0 Å². The van der Waals surface area contributed by atoms with Crippen LogP contribution in [0.25, 0.3) is 0 Å². The molecule has 4 N–H and O–H groups in total. The fourth-order valence-corrected chi connectivity index (χ4v) is 3.16. The van der Waals surface area contributed by atoms with Crippen LogP contribution in [0.2, 0.25) is 0 Å². The lowest BCUT2D eigenvalue weighted by Crippen LogP contribution is -2.47. The Morgan fingerprint density at radius 3 is 2.07 bits per heavy atom. The summed E-state index contributed by atoms with van der Waals surface area (Å²) in [5, 5.41) is 12.0. The minimum absolute atomic E-state index is 0.0533. The molecule has 0 bridgehead atoms. The van der Waals surface area contributed by atoms with Crippen LogP contribution in [0.5, 0.6) is 0 Å². The van der Waals surface area contributed by atoms with Gasteiger partial charge in [-0.2, -0.15) is 0 Å². The highest BCUT2D eigenvalue weighted by atomic mass is 16.4. The van der Waals surface area contributed by atoms with Gasteiger partial charge in [0.2, 0.25) is 12.2 Å². The largest absolute Gasteiger partial charge is 0.481 e. The second-order valence-corrected chi connectivity index (χ2v) is 8.69. The lowest BCUT2D eigenvalue weighted by Gasteiger charge is -2.21. The Kier molecular flexibility index (Phi) is 13.0.